The number of amides is 2. The maximum Gasteiger partial charge on any atom is 0.285 e. The number of phenolic OH excluding ortho intramolecular Hbond substituents is 2. The number of carbonyl (C=O) groups excluding carboxylic acids is 2. The van der Waals surface area contributed by atoms with Crippen molar-refractivity contribution >= 4 is 23.2 Å². The summed E-state index contributed by atoms with van der Waals surface area (Å²) >= 11 is 0. The largest absolute Gasteiger partial charge is 0.508 e. The maximum atomic E-state index is 13.5. The summed E-state index contributed by atoms with van der Waals surface area (Å²) in [5, 5.41) is 30.6. The summed E-state index contributed by atoms with van der Waals surface area (Å²) in [4.78, 5) is 40.5. The summed E-state index contributed by atoms with van der Waals surface area (Å²) in [6.45, 7) is 0.299. The van der Waals surface area contributed by atoms with Crippen LogP contribution in [-0.2, 0) is 4.79 Å². The molecule has 0 saturated carbocycles. The molecule has 1 atom stereocenters. The summed E-state index contributed by atoms with van der Waals surface area (Å²) in [5.74, 6) is -1.32. The molecule has 0 spiro atoms. The van der Waals surface area contributed by atoms with E-state index >= 15 is 0 Å². The van der Waals surface area contributed by atoms with Gasteiger partial charge in [-0.1, -0.05) is 30.3 Å². The highest BCUT2D eigenvalue weighted by Crippen LogP contribution is 2.34. The van der Waals surface area contributed by atoms with Gasteiger partial charge < -0.3 is 20.0 Å². The van der Waals surface area contributed by atoms with Gasteiger partial charge in [0, 0.05) is 18.8 Å². The molecule has 2 amide bonds. The summed E-state index contributed by atoms with van der Waals surface area (Å²) in [5.41, 5.74) is 0.391. The van der Waals surface area contributed by atoms with Crippen LogP contribution in [0.15, 0.2) is 72.8 Å². The van der Waals surface area contributed by atoms with Crippen molar-refractivity contribution in [3.8, 4) is 11.5 Å². The van der Waals surface area contributed by atoms with Gasteiger partial charge in [0.1, 0.15) is 23.1 Å². The van der Waals surface area contributed by atoms with E-state index in [2.05, 4.69) is 0 Å². The number of phenols is 2. The Morgan fingerprint density at radius 3 is 2.25 bits per heavy atom. The number of aromatic hydroxyl groups is 2. The number of nitro benzene ring substituents is 1. The topological polar surface area (TPSA) is 124 Å². The van der Waals surface area contributed by atoms with Gasteiger partial charge >= 0.3 is 0 Å². The Morgan fingerprint density at radius 1 is 0.938 bits per heavy atom. The van der Waals surface area contributed by atoms with Gasteiger partial charge in [0.15, 0.2) is 0 Å². The third kappa shape index (κ3) is 3.83. The monoisotopic (exact) mass is 433 g/mol. The number of nitro groups is 1. The fraction of sp³-hybridized carbons (Fsp3) is 0.130. The van der Waals surface area contributed by atoms with Gasteiger partial charge in [0.05, 0.1) is 11.0 Å². The second-order valence-electron chi connectivity index (χ2n) is 7.28. The van der Waals surface area contributed by atoms with Gasteiger partial charge in [-0.15, -0.1) is 0 Å². The van der Waals surface area contributed by atoms with Crippen LogP contribution < -0.4 is 4.90 Å². The van der Waals surface area contributed by atoms with E-state index in [0.29, 0.717) is 11.3 Å². The van der Waals surface area contributed by atoms with E-state index in [1.165, 1.54) is 34.1 Å². The Bertz CT molecular complexity index is 1180. The van der Waals surface area contributed by atoms with Crippen molar-refractivity contribution in [3.05, 3.63) is 94.0 Å². The molecular formula is C23H19N3O6. The van der Waals surface area contributed by atoms with Gasteiger partial charge in [-0.3, -0.25) is 19.7 Å². The van der Waals surface area contributed by atoms with Gasteiger partial charge in [0.2, 0.25) is 0 Å². The first-order chi connectivity index (χ1) is 15.4. The molecule has 9 heteroatoms. The van der Waals surface area contributed by atoms with Crippen LogP contribution >= 0.6 is 0 Å². The first-order valence-corrected chi connectivity index (χ1v) is 9.80. The molecule has 3 aromatic carbocycles. The molecule has 162 valence electrons. The molecule has 2 N–H and O–H groups in total. The van der Waals surface area contributed by atoms with E-state index in [4.69, 9.17) is 0 Å². The Kier molecular flexibility index (Phi) is 5.46. The van der Waals surface area contributed by atoms with Crippen LogP contribution in [0.1, 0.15) is 22.0 Å². The minimum atomic E-state index is -1.00. The smallest absolute Gasteiger partial charge is 0.285 e. The van der Waals surface area contributed by atoms with Crippen molar-refractivity contribution in [2.75, 3.05) is 18.0 Å². The van der Waals surface area contributed by atoms with Crippen molar-refractivity contribution in [1.82, 2.24) is 4.90 Å². The molecule has 0 aliphatic carbocycles. The standard InChI is InChI=1S/C23H19N3O6/c27-17-8-6-16(7-9-17)24-12-13-25(21(23(24)30)15-4-2-1-3-5-15)22(29)19-11-10-18(28)14-20(19)26(31)32/h1-11,14,21,27-28H,12-13H2. The predicted octanol–water partition coefficient (Wildman–Crippen LogP) is 3.24. The Labute approximate surface area is 182 Å². The highest BCUT2D eigenvalue weighted by molar-refractivity contribution is 6.05. The zero-order valence-electron chi connectivity index (χ0n) is 16.8. The fourth-order valence-electron chi connectivity index (χ4n) is 3.80. The van der Waals surface area contributed by atoms with Crippen LogP contribution in [0.2, 0.25) is 0 Å². The Hall–Kier alpha value is -4.40. The summed E-state index contributed by atoms with van der Waals surface area (Å²) < 4.78 is 0. The van der Waals surface area contributed by atoms with E-state index in [-0.39, 0.29) is 36.1 Å². The number of piperazine rings is 1. The van der Waals surface area contributed by atoms with Gasteiger partial charge in [0.25, 0.3) is 17.5 Å². The van der Waals surface area contributed by atoms with Crippen LogP contribution in [0.25, 0.3) is 0 Å². The van der Waals surface area contributed by atoms with Gasteiger partial charge in [-0.05, 0) is 42.0 Å². The van der Waals surface area contributed by atoms with E-state index < -0.39 is 22.6 Å². The number of rotatable bonds is 4. The van der Waals surface area contributed by atoms with Crippen LogP contribution in [0.5, 0.6) is 11.5 Å². The first kappa shape index (κ1) is 20.9. The molecule has 1 aliphatic rings. The van der Waals surface area contributed by atoms with Crippen molar-refractivity contribution < 1.29 is 24.7 Å². The van der Waals surface area contributed by atoms with Crippen molar-refractivity contribution in [3.63, 3.8) is 0 Å². The quantitative estimate of drug-likeness (QED) is 0.481. The molecule has 1 unspecified atom stereocenters. The SMILES string of the molecule is O=C1C(c2ccccc2)N(C(=O)c2ccc(O)cc2[N+](=O)[O-])CCN1c1ccc(O)cc1. The minimum Gasteiger partial charge on any atom is -0.508 e. The number of anilines is 1. The highest BCUT2D eigenvalue weighted by Gasteiger charge is 2.40. The van der Waals surface area contributed by atoms with Gasteiger partial charge in [-0.2, -0.15) is 0 Å². The normalized spacial score (nSPS) is 16.1. The maximum absolute atomic E-state index is 13.5. The molecule has 0 aromatic heterocycles. The molecule has 4 rings (SSSR count). The molecule has 0 bridgehead atoms. The molecule has 32 heavy (non-hydrogen) atoms. The number of benzene rings is 3. The van der Waals surface area contributed by atoms with Crippen LogP contribution in [0.4, 0.5) is 11.4 Å². The molecule has 1 saturated heterocycles. The third-order valence-electron chi connectivity index (χ3n) is 5.32. The third-order valence-corrected chi connectivity index (χ3v) is 5.32. The predicted molar refractivity (Wildman–Crippen MR) is 115 cm³/mol. The second-order valence-corrected chi connectivity index (χ2v) is 7.28. The van der Waals surface area contributed by atoms with E-state index in [1.807, 2.05) is 0 Å². The lowest BCUT2D eigenvalue weighted by Gasteiger charge is -2.40. The average molecular weight is 433 g/mol. The number of hydrogen-bond acceptors (Lipinski definition) is 6. The molecule has 1 heterocycles. The van der Waals surface area contributed by atoms with Crippen LogP contribution in [0.3, 0.4) is 0 Å². The average Bonchev–Trinajstić information content (AvgIpc) is 2.79. The minimum absolute atomic E-state index is 0.0641. The molecule has 0 radical (unpaired) electrons. The number of hydrogen-bond donors (Lipinski definition) is 2. The Balaban J connectivity index is 1.75. The summed E-state index contributed by atoms with van der Waals surface area (Å²) in [7, 11) is 0. The van der Waals surface area contributed by atoms with Crippen molar-refractivity contribution in [2.45, 2.75) is 6.04 Å². The molecule has 9 nitrogen and oxygen atoms in total. The van der Waals surface area contributed by atoms with Crippen molar-refractivity contribution in [2.24, 2.45) is 0 Å². The lowest BCUT2D eigenvalue weighted by molar-refractivity contribution is -0.385. The Morgan fingerprint density at radius 2 is 1.59 bits per heavy atom. The first-order valence-electron chi connectivity index (χ1n) is 9.80. The van der Waals surface area contributed by atoms with E-state index in [1.54, 1.807) is 42.5 Å². The molecule has 1 aliphatic heterocycles. The highest BCUT2D eigenvalue weighted by atomic mass is 16.6. The lowest BCUT2D eigenvalue weighted by atomic mass is 9.99. The molecule has 3 aromatic rings. The molecular weight excluding hydrogens is 414 g/mol. The summed E-state index contributed by atoms with van der Waals surface area (Å²) in [6, 6.07) is 17.2. The number of nitrogens with zero attached hydrogens (tertiary/aromatic N) is 3. The fourth-order valence-corrected chi connectivity index (χ4v) is 3.80. The van der Waals surface area contributed by atoms with E-state index in [0.717, 1.165) is 6.07 Å². The van der Waals surface area contributed by atoms with Crippen LogP contribution in [-0.4, -0.2) is 44.9 Å². The zero-order valence-corrected chi connectivity index (χ0v) is 16.8. The second kappa shape index (κ2) is 8.38. The molecule has 1 fully saturated rings. The van der Waals surface area contributed by atoms with E-state index in [9.17, 15) is 29.9 Å². The lowest BCUT2D eigenvalue weighted by Crippen LogP contribution is -2.54. The number of carbonyl (C=O) groups is 2. The zero-order chi connectivity index (χ0) is 22.8. The van der Waals surface area contributed by atoms with Crippen molar-refractivity contribution in [1.29, 1.82) is 0 Å². The van der Waals surface area contributed by atoms with Crippen LogP contribution in [0, 0.1) is 10.1 Å². The van der Waals surface area contributed by atoms with Gasteiger partial charge in [-0.25, -0.2) is 0 Å². The summed E-state index contributed by atoms with van der Waals surface area (Å²) in [6.07, 6.45) is 0.